The second-order valence-electron chi connectivity index (χ2n) is 5.43. The van der Waals surface area contributed by atoms with Gasteiger partial charge < -0.3 is 11.5 Å². The van der Waals surface area contributed by atoms with Crippen molar-refractivity contribution >= 4 is 17.3 Å². The summed E-state index contributed by atoms with van der Waals surface area (Å²) in [5.74, 6) is 0.203. The van der Waals surface area contributed by atoms with Gasteiger partial charge in [0.2, 0.25) is 5.95 Å². The maximum absolute atomic E-state index is 6.09. The molecule has 0 aliphatic carbocycles. The molecule has 0 radical (unpaired) electrons. The first-order valence-corrected chi connectivity index (χ1v) is 7.43. The molecule has 0 aliphatic heterocycles. The van der Waals surface area contributed by atoms with Crippen LogP contribution in [0.15, 0.2) is 48.8 Å². The van der Waals surface area contributed by atoms with Gasteiger partial charge in [0, 0.05) is 18.1 Å². The van der Waals surface area contributed by atoms with Crippen molar-refractivity contribution in [3.05, 3.63) is 54.5 Å². The van der Waals surface area contributed by atoms with E-state index >= 15 is 0 Å². The highest BCUT2D eigenvalue weighted by molar-refractivity contribution is 5.82. The standard InChI is InChI=1S/C17H15N7/c1-10-4-2-6-12(21-10)14-15(13-7-8-20-17(19)22-13)24-9-3-5-11(18)16(24)23-14/h2-9H,18H2,1H3,(H2,19,20,22). The molecule has 4 rings (SSSR count). The van der Waals surface area contributed by atoms with Gasteiger partial charge >= 0.3 is 0 Å². The molecule has 24 heavy (non-hydrogen) atoms. The first kappa shape index (κ1) is 14.1. The Morgan fingerprint density at radius 1 is 0.917 bits per heavy atom. The number of aryl methyl sites for hydroxylation is 1. The molecule has 4 heterocycles. The SMILES string of the molecule is Cc1cccc(-c2nc3c(N)cccn3c2-c2ccnc(N)n2)n1. The quantitative estimate of drug-likeness (QED) is 0.587. The highest BCUT2D eigenvalue weighted by Crippen LogP contribution is 2.32. The highest BCUT2D eigenvalue weighted by Gasteiger charge is 2.19. The van der Waals surface area contributed by atoms with E-state index in [-0.39, 0.29) is 5.95 Å². The van der Waals surface area contributed by atoms with Gasteiger partial charge in [-0.25, -0.2) is 15.0 Å². The van der Waals surface area contributed by atoms with Crippen molar-refractivity contribution in [1.82, 2.24) is 24.3 Å². The molecule has 0 bridgehead atoms. The molecule has 4 aromatic rings. The summed E-state index contributed by atoms with van der Waals surface area (Å²) in [6.45, 7) is 1.94. The second-order valence-corrected chi connectivity index (χ2v) is 5.43. The molecule has 0 fully saturated rings. The number of pyridine rings is 2. The van der Waals surface area contributed by atoms with Crippen LogP contribution in [0.1, 0.15) is 5.69 Å². The molecule has 0 amide bonds. The van der Waals surface area contributed by atoms with Crippen LogP contribution in [0.4, 0.5) is 11.6 Å². The molecule has 4 N–H and O–H groups in total. The minimum atomic E-state index is 0.203. The molecule has 0 unspecified atom stereocenters. The fourth-order valence-corrected chi connectivity index (χ4v) is 2.69. The molecule has 0 saturated heterocycles. The molecule has 4 aromatic heterocycles. The van der Waals surface area contributed by atoms with Crippen LogP contribution in [0.3, 0.4) is 0 Å². The first-order chi connectivity index (χ1) is 11.6. The third-order valence-corrected chi connectivity index (χ3v) is 3.73. The smallest absolute Gasteiger partial charge is 0.220 e. The Morgan fingerprint density at radius 2 is 1.79 bits per heavy atom. The largest absolute Gasteiger partial charge is 0.396 e. The van der Waals surface area contributed by atoms with Crippen LogP contribution < -0.4 is 11.5 Å². The van der Waals surface area contributed by atoms with Crippen LogP contribution in [0.5, 0.6) is 0 Å². The lowest BCUT2D eigenvalue weighted by Crippen LogP contribution is -1.99. The summed E-state index contributed by atoms with van der Waals surface area (Å²) in [6, 6.07) is 11.3. The van der Waals surface area contributed by atoms with E-state index in [0.29, 0.717) is 22.7 Å². The fourth-order valence-electron chi connectivity index (χ4n) is 2.69. The van der Waals surface area contributed by atoms with Crippen LogP contribution >= 0.6 is 0 Å². The van der Waals surface area contributed by atoms with Gasteiger partial charge in [-0.1, -0.05) is 6.07 Å². The van der Waals surface area contributed by atoms with Crippen molar-refractivity contribution in [2.75, 3.05) is 11.5 Å². The van der Waals surface area contributed by atoms with E-state index in [2.05, 4.69) is 15.0 Å². The van der Waals surface area contributed by atoms with E-state index in [0.717, 1.165) is 17.1 Å². The van der Waals surface area contributed by atoms with E-state index in [9.17, 15) is 0 Å². The van der Waals surface area contributed by atoms with Gasteiger partial charge in [0.15, 0.2) is 5.65 Å². The summed E-state index contributed by atoms with van der Waals surface area (Å²) in [4.78, 5) is 17.6. The zero-order valence-electron chi connectivity index (χ0n) is 13.0. The Labute approximate surface area is 138 Å². The number of nitrogen functional groups attached to an aromatic ring is 2. The van der Waals surface area contributed by atoms with Crippen molar-refractivity contribution in [1.29, 1.82) is 0 Å². The lowest BCUT2D eigenvalue weighted by atomic mass is 10.1. The van der Waals surface area contributed by atoms with Crippen LogP contribution in [0.25, 0.3) is 28.4 Å². The number of fused-ring (bicyclic) bond motifs is 1. The molecule has 7 nitrogen and oxygen atoms in total. The van der Waals surface area contributed by atoms with Gasteiger partial charge in [-0.05, 0) is 37.3 Å². The average Bonchev–Trinajstić information content (AvgIpc) is 2.96. The minimum absolute atomic E-state index is 0.203. The van der Waals surface area contributed by atoms with Crippen molar-refractivity contribution in [2.24, 2.45) is 0 Å². The summed E-state index contributed by atoms with van der Waals surface area (Å²) >= 11 is 0. The number of nitrogens with zero attached hydrogens (tertiary/aromatic N) is 5. The van der Waals surface area contributed by atoms with Crippen molar-refractivity contribution < 1.29 is 0 Å². The predicted molar refractivity (Wildman–Crippen MR) is 93.0 cm³/mol. The summed E-state index contributed by atoms with van der Waals surface area (Å²) in [5.41, 5.74) is 16.9. The van der Waals surface area contributed by atoms with Crippen LogP contribution in [0, 0.1) is 6.92 Å². The van der Waals surface area contributed by atoms with E-state index in [4.69, 9.17) is 16.5 Å². The number of nitrogens with two attached hydrogens (primary N) is 2. The van der Waals surface area contributed by atoms with Gasteiger partial charge in [-0.2, -0.15) is 0 Å². The normalized spacial score (nSPS) is 11.0. The molecule has 0 atom stereocenters. The third-order valence-electron chi connectivity index (χ3n) is 3.73. The Balaban J connectivity index is 2.09. The Bertz CT molecular complexity index is 1050. The summed E-state index contributed by atoms with van der Waals surface area (Å²) in [6.07, 6.45) is 3.52. The monoisotopic (exact) mass is 317 g/mol. The van der Waals surface area contributed by atoms with Gasteiger partial charge in [-0.15, -0.1) is 0 Å². The maximum atomic E-state index is 6.09. The van der Waals surface area contributed by atoms with Crippen molar-refractivity contribution in [2.45, 2.75) is 6.92 Å². The van der Waals surface area contributed by atoms with Crippen LogP contribution in [-0.2, 0) is 0 Å². The van der Waals surface area contributed by atoms with Gasteiger partial charge in [-0.3, -0.25) is 9.38 Å². The predicted octanol–water partition coefficient (Wildman–Crippen LogP) is 2.33. The summed E-state index contributed by atoms with van der Waals surface area (Å²) < 4.78 is 1.90. The Hall–Kier alpha value is -3.48. The second kappa shape index (κ2) is 5.31. The Kier molecular flexibility index (Phi) is 3.13. The topological polar surface area (TPSA) is 108 Å². The van der Waals surface area contributed by atoms with Gasteiger partial charge in [0.25, 0.3) is 0 Å². The highest BCUT2D eigenvalue weighted by atomic mass is 15.1. The molecule has 0 aliphatic rings. The van der Waals surface area contributed by atoms with Crippen LogP contribution in [0.2, 0.25) is 0 Å². The van der Waals surface area contributed by atoms with Gasteiger partial charge in [0.1, 0.15) is 11.4 Å². The maximum Gasteiger partial charge on any atom is 0.220 e. The van der Waals surface area contributed by atoms with E-state index in [1.165, 1.54) is 0 Å². The molecule has 7 heteroatoms. The molecular formula is C17H15N7. The van der Waals surface area contributed by atoms with E-state index < -0.39 is 0 Å². The lowest BCUT2D eigenvalue weighted by molar-refractivity contribution is 1.13. The lowest BCUT2D eigenvalue weighted by Gasteiger charge is -2.05. The summed E-state index contributed by atoms with van der Waals surface area (Å²) in [7, 11) is 0. The van der Waals surface area contributed by atoms with Crippen LogP contribution in [-0.4, -0.2) is 24.3 Å². The zero-order chi connectivity index (χ0) is 16.7. The minimum Gasteiger partial charge on any atom is -0.396 e. The number of rotatable bonds is 2. The van der Waals surface area contributed by atoms with Gasteiger partial charge in [0.05, 0.1) is 17.1 Å². The fraction of sp³-hybridized carbons (Fsp3) is 0.0588. The number of hydrogen-bond acceptors (Lipinski definition) is 6. The number of imidazole rings is 1. The first-order valence-electron chi connectivity index (χ1n) is 7.43. The van der Waals surface area contributed by atoms with Crippen molar-refractivity contribution in [3.63, 3.8) is 0 Å². The number of anilines is 2. The molecule has 0 saturated carbocycles. The molecule has 0 aromatic carbocycles. The number of aromatic nitrogens is 5. The molecule has 0 spiro atoms. The molecular weight excluding hydrogens is 302 g/mol. The zero-order valence-corrected chi connectivity index (χ0v) is 13.0. The van der Waals surface area contributed by atoms with Crippen molar-refractivity contribution in [3.8, 4) is 22.8 Å². The number of hydrogen-bond donors (Lipinski definition) is 2. The van der Waals surface area contributed by atoms with E-state index in [1.807, 2.05) is 47.9 Å². The average molecular weight is 317 g/mol. The Morgan fingerprint density at radius 3 is 2.58 bits per heavy atom. The molecule has 118 valence electrons. The van der Waals surface area contributed by atoms with E-state index in [1.54, 1.807) is 12.3 Å². The third kappa shape index (κ3) is 2.23. The summed E-state index contributed by atoms with van der Waals surface area (Å²) in [5, 5.41) is 0.